The lowest BCUT2D eigenvalue weighted by Gasteiger charge is -2.33. The second kappa shape index (κ2) is 6.61. The van der Waals surface area contributed by atoms with E-state index < -0.39 is 0 Å². The van der Waals surface area contributed by atoms with E-state index in [2.05, 4.69) is 12.2 Å². The van der Waals surface area contributed by atoms with Gasteiger partial charge in [0.15, 0.2) is 0 Å². The van der Waals surface area contributed by atoms with Gasteiger partial charge >= 0.3 is 0 Å². The second-order valence-corrected chi connectivity index (χ2v) is 5.59. The van der Waals surface area contributed by atoms with Gasteiger partial charge in [0.2, 0.25) is 0 Å². The minimum Gasteiger partial charge on any atom is -0.380 e. The molecule has 2 rings (SSSR count). The Balaban J connectivity index is 1.64. The molecule has 1 saturated carbocycles. The Bertz CT molecular complexity index is 181. The average Bonchev–Trinajstić information content (AvgIpc) is 2.33. The van der Waals surface area contributed by atoms with Crippen molar-refractivity contribution in [2.45, 2.75) is 70.4 Å². The van der Waals surface area contributed by atoms with Crippen molar-refractivity contribution in [2.24, 2.45) is 5.92 Å². The summed E-state index contributed by atoms with van der Waals surface area (Å²) in [7, 11) is 0. The van der Waals surface area contributed by atoms with Crippen LogP contribution in [0.25, 0.3) is 0 Å². The molecule has 0 aromatic carbocycles. The van der Waals surface area contributed by atoms with E-state index >= 15 is 0 Å². The van der Waals surface area contributed by atoms with Crippen LogP contribution >= 0.6 is 0 Å². The number of hydrogen-bond acceptors (Lipinski definition) is 2. The third-order valence-electron chi connectivity index (χ3n) is 4.18. The highest BCUT2D eigenvalue weighted by atomic mass is 16.5. The molecule has 0 aromatic rings. The first-order valence-electron chi connectivity index (χ1n) is 7.22. The molecule has 94 valence electrons. The van der Waals surface area contributed by atoms with Crippen molar-refractivity contribution in [1.29, 1.82) is 0 Å². The highest BCUT2D eigenvalue weighted by Crippen LogP contribution is 2.28. The largest absolute Gasteiger partial charge is 0.380 e. The first-order valence-corrected chi connectivity index (χ1v) is 7.22. The summed E-state index contributed by atoms with van der Waals surface area (Å²) in [5, 5.41) is 3.80. The molecule has 2 aliphatic rings. The molecule has 0 aromatic heterocycles. The first kappa shape index (κ1) is 12.4. The van der Waals surface area contributed by atoms with Crippen molar-refractivity contribution in [3.63, 3.8) is 0 Å². The standard InChI is InChI=1S/C14H27NO/c1-2-4-12-6-8-13(9-7-12)15-14-5-3-10-16-11-14/h12-15H,2-11H2,1H3. The SMILES string of the molecule is CCCC1CCC(NC2CCCOC2)CC1. The molecular formula is C14H27NO. The van der Waals surface area contributed by atoms with Crippen LogP contribution in [-0.4, -0.2) is 25.3 Å². The molecule has 16 heavy (non-hydrogen) atoms. The molecule has 1 aliphatic heterocycles. The van der Waals surface area contributed by atoms with Gasteiger partial charge in [-0.15, -0.1) is 0 Å². The van der Waals surface area contributed by atoms with Crippen LogP contribution < -0.4 is 5.32 Å². The highest BCUT2D eigenvalue weighted by molar-refractivity contribution is 4.81. The summed E-state index contributed by atoms with van der Waals surface area (Å²) in [6.45, 7) is 4.22. The lowest BCUT2D eigenvalue weighted by Crippen LogP contribution is -2.44. The Morgan fingerprint density at radius 2 is 1.88 bits per heavy atom. The predicted molar refractivity (Wildman–Crippen MR) is 67.6 cm³/mol. The van der Waals surface area contributed by atoms with Gasteiger partial charge in [-0.3, -0.25) is 0 Å². The molecule has 2 nitrogen and oxygen atoms in total. The fraction of sp³-hybridized carbons (Fsp3) is 1.00. The first-order chi connectivity index (χ1) is 7.88. The Hall–Kier alpha value is -0.0800. The monoisotopic (exact) mass is 225 g/mol. The maximum Gasteiger partial charge on any atom is 0.0619 e. The maximum atomic E-state index is 5.52. The van der Waals surface area contributed by atoms with E-state index in [0.29, 0.717) is 6.04 Å². The number of hydrogen-bond donors (Lipinski definition) is 1. The zero-order chi connectivity index (χ0) is 11.2. The Morgan fingerprint density at radius 1 is 1.06 bits per heavy atom. The summed E-state index contributed by atoms with van der Waals surface area (Å²) in [6, 6.07) is 1.42. The van der Waals surface area contributed by atoms with Crippen LogP contribution in [0.1, 0.15) is 58.3 Å². The third-order valence-corrected chi connectivity index (χ3v) is 4.18. The van der Waals surface area contributed by atoms with Gasteiger partial charge in [-0.25, -0.2) is 0 Å². The molecule has 1 unspecified atom stereocenters. The number of ether oxygens (including phenoxy) is 1. The zero-order valence-electron chi connectivity index (χ0n) is 10.7. The van der Waals surface area contributed by atoms with Crippen LogP contribution in [0, 0.1) is 5.92 Å². The van der Waals surface area contributed by atoms with E-state index in [4.69, 9.17) is 4.74 Å². The maximum absolute atomic E-state index is 5.52. The van der Waals surface area contributed by atoms with Crippen LogP contribution in [0.15, 0.2) is 0 Å². The Morgan fingerprint density at radius 3 is 2.50 bits per heavy atom. The summed E-state index contributed by atoms with van der Waals surface area (Å²) in [4.78, 5) is 0. The Kier molecular flexibility index (Phi) is 5.11. The molecule has 1 N–H and O–H groups in total. The smallest absolute Gasteiger partial charge is 0.0619 e. The molecule has 0 spiro atoms. The van der Waals surface area contributed by atoms with E-state index in [1.54, 1.807) is 0 Å². The summed E-state index contributed by atoms with van der Waals surface area (Å²) < 4.78 is 5.52. The van der Waals surface area contributed by atoms with Crippen molar-refractivity contribution < 1.29 is 4.74 Å². The van der Waals surface area contributed by atoms with E-state index in [1.807, 2.05) is 0 Å². The van der Waals surface area contributed by atoms with Gasteiger partial charge in [-0.05, 0) is 44.4 Å². The highest BCUT2D eigenvalue weighted by Gasteiger charge is 2.23. The molecule has 0 radical (unpaired) electrons. The van der Waals surface area contributed by atoms with Gasteiger partial charge in [0.1, 0.15) is 0 Å². The van der Waals surface area contributed by atoms with E-state index in [9.17, 15) is 0 Å². The van der Waals surface area contributed by atoms with Crippen LogP contribution in [0.4, 0.5) is 0 Å². The molecule has 1 heterocycles. The van der Waals surface area contributed by atoms with Crippen molar-refractivity contribution in [3.05, 3.63) is 0 Å². The second-order valence-electron chi connectivity index (χ2n) is 5.59. The predicted octanol–water partition coefficient (Wildman–Crippen LogP) is 3.11. The normalized spacial score (nSPS) is 36.2. The fourth-order valence-electron chi connectivity index (χ4n) is 3.23. The molecule has 2 heteroatoms. The minimum atomic E-state index is 0.640. The summed E-state index contributed by atoms with van der Waals surface area (Å²) in [6.07, 6.45) is 11.0. The van der Waals surface area contributed by atoms with Gasteiger partial charge in [0.05, 0.1) is 6.61 Å². The summed E-state index contributed by atoms with van der Waals surface area (Å²) in [5.41, 5.74) is 0. The van der Waals surface area contributed by atoms with E-state index in [1.165, 1.54) is 51.4 Å². The molecule has 0 bridgehead atoms. The van der Waals surface area contributed by atoms with Gasteiger partial charge in [-0.2, -0.15) is 0 Å². The zero-order valence-corrected chi connectivity index (χ0v) is 10.7. The van der Waals surface area contributed by atoms with Gasteiger partial charge in [0.25, 0.3) is 0 Å². The van der Waals surface area contributed by atoms with Crippen molar-refractivity contribution in [2.75, 3.05) is 13.2 Å². The van der Waals surface area contributed by atoms with Crippen LogP contribution in [-0.2, 0) is 4.74 Å². The van der Waals surface area contributed by atoms with E-state index in [0.717, 1.165) is 25.2 Å². The minimum absolute atomic E-state index is 0.640. The topological polar surface area (TPSA) is 21.3 Å². The summed E-state index contributed by atoms with van der Waals surface area (Å²) in [5.74, 6) is 1.02. The van der Waals surface area contributed by atoms with Crippen molar-refractivity contribution in [1.82, 2.24) is 5.32 Å². The van der Waals surface area contributed by atoms with Gasteiger partial charge < -0.3 is 10.1 Å². The molecule has 2 fully saturated rings. The molecular weight excluding hydrogens is 198 g/mol. The quantitative estimate of drug-likeness (QED) is 0.794. The number of nitrogens with one attached hydrogen (secondary N) is 1. The van der Waals surface area contributed by atoms with Crippen molar-refractivity contribution in [3.8, 4) is 0 Å². The molecule has 0 amide bonds. The van der Waals surface area contributed by atoms with Crippen LogP contribution in [0.2, 0.25) is 0 Å². The lowest BCUT2D eigenvalue weighted by molar-refractivity contribution is 0.0630. The van der Waals surface area contributed by atoms with Gasteiger partial charge in [-0.1, -0.05) is 19.8 Å². The Labute approximate surface area is 100 Å². The lowest BCUT2D eigenvalue weighted by atomic mass is 9.83. The van der Waals surface area contributed by atoms with Crippen LogP contribution in [0.3, 0.4) is 0 Å². The third kappa shape index (κ3) is 3.74. The summed E-state index contributed by atoms with van der Waals surface area (Å²) >= 11 is 0. The fourth-order valence-corrected chi connectivity index (χ4v) is 3.23. The molecule has 1 atom stereocenters. The number of rotatable bonds is 4. The molecule has 1 aliphatic carbocycles. The van der Waals surface area contributed by atoms with Gasteiger partial charge in [0, 0.05) is 18.7 Å². The van der Waals surface area contributed by atoms with E-state index in [-0.39, 0.29) is 0 Å². The van der Waals surface area contributed by atoms with Crippen LogP contribution in [0.5, 0.6) is 0 Å². The average molecular weight is 225 g/mol. The molecule has 1 saturated heterocycles. The van der Waals surface area contributed by atoms with Crippen molar-refractivity contribution >= 4 is 0 Å².